The van der Waals surface area contributed by atoms with E-state index >= 15 is 0 Å². The van der Waals surface area contributed by atoms with E-state index in [2.05, 4.69) is 10.6 Å². The van der Waals surface area contributed by atoms with E-state index in [4.69, 9.17) is 5.73 Å². The second-order valence-corrected chi connectivity index (χ2v) is 6.91. The molecule has 0 spiro atoms. The summed E-state index contributed by atoms with van der Waals surface area (Å²) in [4.78, 5) is 24.6. The molecule has 0 heterocycles. The minimum absolute atomic E-state index is 0.00996. The Bertz CT molecular complexity index is 790. The Kier molecular flexibility index (Phi) is 6.19. The Morgan fingerprint density at radius 3 is 2.41 bits per heavy atom. The Morgan fingerprint density at radius 1 is 1.04 bits per heavy atom. The molecule has 0 unspecified atom stereocenters. The maximum absolute atomic E-state index is 12.9. The fourth-order valence-electron chi connectivity index (χ4n) is 3.49. The number of amides is 2. The highest BCUT2D eigenvalue weighted by Gasteiger charge is 2.31. The van der Waals surface area contributed by atoms with Gasteiger partial charge in [-0.2, -0.15) is 0 Å². The summed E-state index contributed by atoms with van der Waals surface area (Å²) in [5.41, 5.74) is 7.69. The van der Waals surface area contributed by atoms with Gasteiger partial charge in [-0.3, -0.25) is 9.59 Å². The number of rotatable bonds is 6. The first-order valence-corrected chi connectivity index (χ1v) is 9.20. The second-order valence-electron chi connectivity index (χ2n) is 6.91. The van der Waals surface area contributed by atoms with Crippen molar-refractivity contribution >= 4 is 17.5 Å². The number of hydrogen-bond donors (Lipinski definition) is 3. The van der Waals surface area contributed by atoms with Crippen LogP contribution >= 0.6 is 0 Å². The normalized spacial score (nSPS) is 18.9. The van der Waals surface area contributed by atoms with Gasteiger partial charge in [0, 0.05) is 23.7 Å². The maximum Gasteiger partial charge on any atom is 0.255 e. The quantitative estimate of drug-likeness (QED) is 0.732. The van der Waals surface area contributed by atoms with Gasteiger partial charge >= 0.3 is 0 Å². The van der Waals surface area contributed by atoms with Crippen molar-refractivity contribution < 1.29 is 14.0 Å². The van der Waals surface area contributed by atoms with Crippen molar-refractivity contribution in [2.24, 2.45) is 17.6 Å². The van der Waals surface area contributed by atoms with Gasteiger partial charge in [-0.1, -0.05) is 18.6 Å². The highest BCUT2D eigenvalue weighted by Crippen LogP contribution is 2.31. The van der Waals surface area contributed by atoms with Crippen LogP contribution in [0.15, 0.2) is 48.5 Å². The third kappa shape index (κ3) is 4.92. The number of carbonyl (C=O) groups is 2. The summed E-state index contributed by atoms with van der Waals surface area (Å²) >= 11 is 0. The Hall–Kier alpha value is -2.73. The predicted molar refractivity (Wildman–Crippen MR) is 103 cm³/mol. The van der Waals surface area contributed by atoms with Gasteiger partial charge in [0.1, 0.15) is 5.82 Å². The van der Waals surface area contributed by atoms with Crippen LogP contribution in [0.4, 0.5) is 10.1 Å². The fourth-order valence-corrected chi connectivity index (χ4v) is 3.49. The number of halogens is 1. The highest BCUT2D eigenvalue weighted by molar-refractivity contribution is 6.04. The lowest BCUT2D eigenvalue weighted by atomic mass is 9.95. The van der Waals surface area contributed by atoms with Crippen molar-refractivity contribution in [3.8, 4) is 0 Å². The van der Waals surface area contributed by atoms with Crippen LogP contribution in [-0.4, -0.2) is 18.4 Å². The van der Waals surface area contributed by atoms with E-state index in [1.165, 1.54) is 24.3 Å². The molecule has 6 heteroatoms. The van der Waals surface area contributed by atoms with Gasteiger partial charge in [0.15, 0.2) is 0 Å². The smallest absolute Gasteiger partial charge is 0.255 e. The molecule has 2 atom stereocenters. The van der Waals surface area contributed by atoms with Gasteiger partial charge < -0.3 is 16.4 Å². The summed E-state index contributed by atoms with van der Waals surface area (Å²) in [5, 5.41) is 5.68. The van der Waals surface area contributed by atoms with E-state index in [-0.39, 0.29) is 29.5 Å². The van der Waals surface area contributed by atoms with Crippen LogP contribution in [0.5, 0.6) is 0 Å². The summed E-state index contributed by atoms with van der Waals surface area (Å²) in [6.07, 6.45) is 2.97. The molecule has 0 radical (unpaired) electrons. The molecule has 3 rings (SSSR count). The lowest BCUT2D eigenvalue weighted by molar-refractivity contribution is -0.126. The largest absolute Gasteiger partial charge is 0.352 e. The molecule has 2 amide bonds. The topological polar surface area (TPSA) is 84.2 Å². The Labute approximate surface area is 158 Å². The molecule has 27 heavy (non-hydrogen) atoms. The van der Waals surface area contributed by atoms with Gasteiger partial charge in [0.05, 0.1) is 0 Å². The van der Waals surface area contributed by atoms with Gasteiger partial charge in [-0.15, -0.1) is 0 Å². The third-order valence-electron chi connectivity index (χ3n) is 5.08. The molecule has 1 saturated carbocycles. The summed E-state index contributed by atoms with van der Waals surface area (Å²) in [5.74, 6) is -0.275. The molecule has 5 nitrogen and oxygen atoms in total. The average Bonchev–Trinajstić information content (AvgIpc) is 3.17. The summed E-state index contributed by atoms with van der Waals surface area (Å²) in [6.45, 7) is 0.975. The fraction of sp³-hybridized carbons (Fsp3) is 0.333. The van der Waals surface area contributed by atoms with Gasteiger partial charge in [-0.05, 0) is 67.3 Å². The van der Waals surface area contributed by atoms with Crippen LogP contribution in [0.1, 0.15) is 35.2 Å². The monoisotopic (exact) mass is 369 g/mol. The van der Waals surface area contributed by atoms with Gasteiger partial charge in [0.2, 0.25) is 5.91 Å². The van der Waals surface area contributed by atoms with Crippen LogP contribution in [-0.2, 0) is 11.3 Å². The third-order valence-corrected chi connectivity index (χ3v) is 5.08. The van der Waals surface area contributed by atoms with Gasteiger partial charge in [0.25, 0.3) is 5.91 Å². The van der Waals surface area contributed by atoms with E-state index in [1.54, 1.807) is 12.1 Å². The Balaban J connectivity index is 1.53. The molecule has 4 N–H and O–H groups in total. The first kappa shape index (κ1) is 19.0. The molecule has 2 aromatic carbocycles. The molecule has 2 aromatic rings. The number of hydrogen-bond acceptors (Lipinski definition) is 3. The van der Waals surface area contributed by atoms with E-state index in [0.29, 0.717) is 24.3 Å². The minimum Gasteiger partial charge on any atom is -0.352 e. The van der Waals surface area contributed by atoms with Gasteiger partial charge in [-0.25, -0.2) is 4.39 Å². The number of benzene rings is 2. The molecular weight excluding hydrogens is 345 g/mol. The zero-order valence-corrected chi connectivity index (χ0v) is 15.1. The van der Waals surface area contributed by atoms with Crippen molar-refractivity contribution in [1.82, 2.24) is 5.32 Å². The van der Waals surface area contributed by atoms with Crippen LogP contribution < -0.4 is 16.4 Å². The SMILES string of the molecule is NC[C@H]1CCC[C@H]1C(=O)NCc1ccc(C(=O)Nc2ccc(F)cc2)cc1. The van der Waals surface area contributed by atoms with Crippen LogP contribution in [0.25, 0.3) is 0 Å². The van der Waals surface area contributed by atoms with Crippen molar-refractivity contribution in [1.29, 1.82) is 0 Å². The first-order valence-electron chi connectivity index (χ1n) is 9.20. The molecule has 1 aliphatic carbocycles. The molecule has 1 aliphatic rings. The molecule has 142 valence electrons. The van der Waals surface area contributed by atoms with Crippen molar-refractivity contribution in [2.45, 2.75) is 25.8 Å². The zero-order chi connectivity index (χ0) is 19.2. The number of nitrogens with one attached hydrogen (secondary N) is 2. The van der Waals surface area contributed by atoms with Crippen molar-refractivity contribution in [3.05, 3.63) is 65.5 Å². The summed E-state index contributed by atoms with van der Waals surface area (Å²) in [7, 11) is 0. The molecule has 0 bridgehead atoms. The number of carbonyl (C=O) groups excluding carboxylic acids is 2. The van der Waals surface area contributed by atoms with E-state index in [1.807, 2.05) is 12.1 Å². The van der Waals surface area contributed by atoms with E-state index in [0.717, 1.165) is 24.8 Å². The lowest BCUT2D eigenvalue weighted by Gasteiger charge is -2.17. The second kappa shape index (κ2) is 8.77. The van der Waals surface area contributed by atoms with Crippen LogP contribution in [0, 0.1) is 17.7 Å². The Morgan fingerprint density at radius 2 is 1.74 bits per heavy atom. The van der Waals surface area contributed by atoms with E-state index < -0.39 is 0 Å². The molecular formula is C21H24FN3O2. The minimum atomic E-state index is -0.352. The van der Waals surface area contributed by atoms with Crippen molar-refractivity contribution in [2.75, 3.05) is 11.9 Å². The molecule has 1 fully saturated rings. The lowest BCUT2D eigenvalue weighted by Crippen LogP contribution is -2.34. The standard InChI is InChI=1S/C21H24FN3O2/c22-17-8-10-18(11-9-17)25-20(26)15-6-4-14(5-7-15)13-24-21(27)19-3-1-2-16(19)12-23/h4-11,16,19H,1-3,12-13,23H2,(H,24,27)(H,25,26)/t16-,19-/m1/s1. The maximum atomic E-state index is 12.9. The zero-order valence-electron chi connectivity index (χ0n) is 15.1. The summed E-state index contributed by atoms with van der Waals surface area (Å²) < 4.78 is 12.9. The molecule has 0 aromatic heterocycles. The number of anilines is 1. The summed E-state index contributed by atoms with van der Waals surface area (Å²) in [6, 6.07) is 12.6. The predicted octanol–water partition coefficient (Wildman–Crippen LogP) is 3.07. The van der Waals surface area contributed by atoms with Crippen LogP contribution in [0.2, 0.25) is 0 Å². The molecule has 0 saturated heterocycles. The average molecular weight is 369 g/mol. The van der Waals surface area contributed by atoms with Crippen molar-refractivity contribution in [3.63, 3.8) is 0 Å². The number of nitrogens with two attached hydrogens (primary N) is 1. The van der Waals surface area contributed by atoms with Crippen LogP contribution in [0.3, 0.4) is 0 Å². The highest BCUT2D eigenvalue weighted by atomic mass is 19.1. The molecule has 0 aliphatic heterocycles. The van der Waals surface area contributed by atoms with E-state index in [9.17, 15) is 14.0 Å². The first-order chi connectivity index (χ1) is 13.1.